The molecule has 1 saturated carbocycles. The van der Waals surface area contributed by atoms with Crippen LogP contribution in [0.5, 0.6) is 0 Å². The average molecular weight is 328 g/mol. The standard InChI is InChI=1S/C18H17FN2O3/c19-15-7-2-1-4-13(15)11-21(14-5-3-6-14)17(22)16-9-8-12(10-20-16)18(23)24/h1-2,4,7-10,14H,3,5-6,11H2,(H,23,24). The molecule has 0 unspecified atom stereocenters. The van der Waals surface area contributed by atoms with Crippen molar-refractivity contribution in [3.8, 4) is 0 Å². The Labute approximate surface area is 138 Å². The van der Waals surface area contributed by atoms with Crippen molar-refractivity contribution in [1.29, 1.82) is 0 Å². The maximum Gasteiger partial charge on any atom is 0.337 e. The summed E-state index contributed by atoms with van der Waals surface area (Å²) in [7, 11) is 0. The Bertz CT molecular complexity index is 757. The fourth-order valence-electron chi connectivity index (χ4n) is 2.67. The summed E-state index contributed by atoms with van der Waals surface area (Å²) >= 11 is 0. The minimum atomic E-state index is -1.09. The zero-order chi connectivity index (χ0) is 17.1. The van der Waals surface area contributed by atoms with E-state index in [9.17, 15) is 14.0 Å². The third-order valence-corrected chi connectivity index (χ3v) is 4.30. The number of carbonyl (C=O) groups is 2. The lowest BCUT2D eigenvalue weighted by Gasteiger charge is -2.37. The first-order valence-electron chi connectivity index (χ1n) is 7.80. The minimum absolute atomic E-state index is 0.0239. The molecule has 0 bridgehead atoms. The van der Waals surface area contributed by atoms with Crippen LogP contribution in [-0.2, 0) is 6.54 Å². The molecule has 1 aliphatic carbocycles. The van der Waals surface area contributed by atoms with E-state index in [-0.39, 0.29) is 35.6 Å². The molecular weight excluding hydrogens is 311 g/mol. The van der Waals surface area contributed by atoms with Crippen LogP contribution in [0.3, 0.4) is 0 Å². The van der Waals surface area contributed by atoms with Crippen LogP contribution in [0.2, 0.25) is 0 Å². The summed E-state index contributed by atoms with van der Waals surface area (Å²) in [6.07, 6.45) is 3.97. The molecule has 0 aliphatic heterocycles. The Morgan fingerprint density at radius 3 is 2.50 bits per heavy atom. The second kappa shape index (κ2) is 6.78. The highest BCUT2D eigenvalue weighted by Crippen LogP contribution is 2.28. The molecule has 1 N–H and O–H groups in total. The molecule has 5 nitrogen and oxygen atoms in total. The Kier molecular flexibility index (Phi) is 4.55. The van der Waals surface area contributed by atoms with Gasteiger partial charge < -0.3 is 10.0 Å². The van der Waals surface area contributed by atoms with Crippen molar-refractivity contribution in [2.24, 2.45) is 0 Å². The number of amides is 1. The number of nitrogens with zero attached hydrogens (tertiary/aromatic N) is 2. The number of pyridine rings is 1. The highest BCUT2D eigenvalue weighted by Gasteiger charge is 2.30. The molecule has 3 rings (SSSR count). The summed E-state index contributed by atoms with van der Waals surface area (Å²) in [4.78, 5) is 29.2. The molecule has 1 fully saturated rings. The molecule has 0 atom stereocenters. The number of halogens is 1. The van der Waals surface area contributed by atoms with E-state index in [1.807, 2.05) is 0 Å². The zero-order valence-electron chi connectivity index (χ0n) is 13.0. The normalized spacial score (nSPS) is 14.0. The van der Waals surface area contributed by atoms with Gasteiger partial charge in [-0.05, 0) is 37.5 Å². The summed E-state index contributed by atoms with van der Waals surface area (Å²) in [5.74, 6) is -1.74. The van der Waals surface area contributed by atoms with Crippen LogP contribution in [0.25, 0.3) is 0 Å². The lowest BCUT2D eigenvalue weighted by Crippen LogP contribution is -2.44. The number of aromatic nitrogens is 1. The molecule has 1 aromatic heterocycles. The number of aromatic carboxylic acids is 1. The lowest BCUT2D eigenvalue weighted by atomic mass is 9.90. The van der Waals surface area contributed by atoms with E-state index in [1.54, 1.807) is 23.1 Å². The fourth-order valence-corrected chi connectivity index (χ4v) is 2.67. The van der Waals surface area contributed by atoms with Gasteiger partial charge in [0.1, 0.15) is 11.5 Å². The molecule has 24 heavy (non-hydrogen) atoms. The summed E-state index contributed by atoms with van der Waals surface area (Å²) in [5, 5.41) is 8.91. The van der Waals surface area contributed by atoms with Crippen LogP contribution in [-0.4, -0.2) is 32.9 Å². The van der Waals surface area contributed by atoms with Gasteiger partial charge in [-0.25, -0.2) is 9.18 Å². The van der Waals surface area contributed by atoms with E-state index in [0.29, 0.717) is 5.56 Å². The molecule has 0 saturated heterocycles. The Morgan fingerprint density at radius 2 is 1.96 bits per heavy atom. The van der Waals surface area contributed by atoms with Crippen LogP contribution < -0.4 is 0 Å². The SMILES string of the molecule is O=C(O)c1ccc(C(=O)N(Cc2ccccc2F)C2CCC2)nc1. The Hall–Kier alpha value is -2.76. The van der Waals surface area contributed by atoms with E-state index < -0.39 is 5.97 Å². The lowest BCUT2D eigenvalue weighted by molar-refractivity contribution is 0.0546. The number of carboxylic acid groups (broad SMARTS) is 1. The Balaban J connectivity index is 1.84. The molecule has 0 radical (unpaired) electrons. The molecule has 1 aliphatic rings. The third kappa shape index (κ3) is 3.27. The molecule has 0 spiro atoms. The first kappa shape index (κ1) is 16.1. The number of benzene rings is 1. The van der Waals surface area contributed by atoms with Crippen molar-refractivity contribution in [3.05, 3.63) is 65.2 Å². The van der Waals surface area contributed by atoms with Gasteiger partial charge in [-0.3, -0.25) is 9.78 Å². The highest BCUT2D eigenvalue weighted by molar-refractivity contribution is 5.94. The van der Waals surface area contributed by atoms with Crippen LogP contribution in [0.4, 0.5) is 4.39 Å². The van der Waals surface area contributed by atoms with E-state index >= 15 is 0 Å². The summed E-state index contributed by atoms with van der Waals surface area (Å²) < 4.78 is 13.9. The minimum Gasteiger partial charge on any atom is -0.478 e. The monoisotopic (exact) mass is 328 g/mol. The molecule has 1 aromatic carbocycles. The van der Waals surface area contributed by atoms with Gasteiger partial charge in [0.25, 0.3) is 5.91 Å². The molecule has 1 amide bonds. The quantitative estimate of drug-likeness (QED) is 0.915. The molecular formula is C18H17FN2O3. The molecule has 1 heterocycles. The first-order chi connectivity index (χ1) is 11.6. The highest BCUT2D eigenvalue weighted by atomic mass is 19.1. The second-order valence-corrected chi connectivity index (χ2v) is 5.85. The van der Waals surface area contributed by atoms with Crippen LogP contribution in [0.1, 0.15) is 45.7 Å². The number of carboxylic acids is 1. The van der Waals surface area contributed by atoms with Gasteiger partial charge in [0.05, 0.1) is 5.56 Å². The predicted molar refractivity (Wildman–Crippen MR) is 85.1 cm³/mol. The van der Waals surface area contributed by atoms with Gasteiger partial charge in [-0.15, -0.1) is 0 Å². The van der Waals surface area contributed by atoms with Gasteiger partial charge in [-0.1, -0.05) is 18.2 Å². The fraction of sp³-hybridized carbons (Fsp3) is 0.278. The van der Waals surface area contributed by atoms with Crippen LogP contribution in [0.15, 0.2) is 42.6 Å². The van der Waals surface area contributed by atoms with Gasteiger partial charge in [0, 0.05) is 24.3 Å². The van der Waals surface area contributed by atoms with E-state index in [1.165, 1.54) is 18.2 Å². The Morgan fingerprint density at radius 1 is 1.21 bits per heavy atom. The predicted octanol–water partition coefficient (Wildman–Crippen LogP) is 3.11. The van der Waals surface area contributed by atoms with Crippen molar-refractivity contribution in [1.82, 2.24) is 9.88 Å². The van der Waals surface area contributed by atoms with E-state index in [2.05, 4.69) is 4.98 Å². The van der Waals surface area contributed by atoms with Gasteiger partial charge in [-0.2, -0.15) is 0 Å². The van der Waals surface area contributed by atoms with Gasteiger partial charge >= 0.3 is 5.97 Å². The third-order valence-electron chi connectivity index (χ3n) is 4.30. The molecule has 124 valence electrons. The van der Waals surface area contributed by atoms with E-state index in [4.69, 9.17) is 5.11 Å². The number of carbonyl (C=O) groups excluding carboxylic acids is 1. The largest absolute Gasteiger partial charge is 0.478 e. The smallest absolute Gasteiger partial charge is 0.337 e. The zero-order valence-corrected chi connectivity index (χ0v) is 13.0. The average Bonchev–Trinajstić information content (AvgIpc) is 2.54. The van der Waals surface area contributed by atoms with Crippen molar-refractivity contribution in [2.45, 2.75) is 31.8 Å². The topological polar surface area (TPSA) is 70.5 Å². The maximum atomic E-state index is 13.9. The second-order valence-electron chi connectivity index (χ2n) is 5.85. The number of hydrogen-bond acceptors (Lipinski definition) is 3. The van der Waals surface area contributed by atoms with Crippen LogP contribution >= 0.6 is 0 Å². The first-order valence-corrected chi connectivity index (χ1v) is 7.80. The van der Waals surface area contributed by atoms with Crippen molar-refractivity contribution < 1.29 is 19.1 Å². The van der Waals surface area contributed by atoms with Crippen molar-refractivity contribution in [2.75, 3.05) is 0 Å². The number of hydrogen-bond donors (Lipinski definition) is 1. The maximum absolute atomic E-state index is 13.9. The van der Waals surface area contributed by atoms with Crippen LogP contribution in [0, 0.1) is 5.82 Å². The summed E-state index contributed by atoms with van der Waals surface area (Å²) in [6, 6.07) is 9.21. The van der Waals surface area contributed by atoms with Crippen molar-refractivity contribution in [3.63, 3.8) is 0 Å². The number of rotatable bonds is 5. The summed E-state index contributed by atoms with van der Waals surface area (Å²) in [6.45, 7) is 0.179. The molecule has 2 aromatic rings. The summed E-state index contributed by atoms with van der Waals surface area (Å²) in [5.41, 5.74) is 0.652. The van der Waals surface area contributed by atoms with Gasteiger partial charge in [0.15, 0.2) is 0 Å². The van der Waals surface area contributed by atoms with E-state index in [0.717, 1.165) is 25.5 Å². The van der Waals surface area contributed by atoms with Crippen molar-refractivity contribution >= 4 is 11.9 Å². The molecule has 6 heteroatoms. The van der Waals surface area contributed by atoms with Gasteiger partial charge in [0.2, 0.25) is 0 Å².